The first-order valence-corrected chi connectivity index (χ1v) is 7.54. The zero-order valence-electron chi connectivity index (χ0n) is 10.7. The highest BCUT2D eigenvalue weighted by molar-refractivity contribution is 7.89. The second-order valence-electron chi connectivity index (χ2n) is 4.05. The lowest BCUT2D eigenvalue weighted by Crippen LogP contribution is -2.37. The lowest BCUT2D eigenvalue weighted by molar-refractivity contribution is -0.136. The summed E-state index contributed by atoms with van der Waals surface area (Å²) in [7, 11) is -3.75. The molecule has 3 N–H and O–H groups in total. The largest absolute Gasteiger partial charge is 0.481 e. The van der Waals surface area contributed by atoms with Crippen LogP contribution >= 0.6 is 0 Å². The molecule has 0 saturated heterocycles. The highest BCUT2D eigenvalue weighted by atomic mass is 32.2. The predicted octanol–water partition coefficient (Wildman–Crippen LogP) is -0.303. The predicted molar refractivity (Wildman–Crippen MR) is 72.3 cm³/mol. The molecule has 1 aromatic rings. The fourth-order valence-corrected chi connectivity index (χ4v) is 2.27. The van der Waals surface area contributed by atoms with E-state index in [-0.39, 0.29) is 0 Å². The van der Waals surface area contributed by atoms with E-state index in [1.54, 1.807) is 0 Å². The van der Waals surface area contributed by atoms with Gasteiger partial charge in [-0.25, -0.2) is 13.1 Å². The van der Waals surface area contributed by atoms with Gasteiger partial charge in [-0.1, -0.05) is 30.3 Å². The molecule has 7 nitrogen and oxygen atoms in total. The first kappa shape index (κ1) is 16.1. The summed E-state index contributed by atoms with van der Waals surface area (Å²) in [6.07, 6.45) is -0.499. The van der Waals surface area contributed by atoms with Crippen molar-refractivity contribution in [2.45, 2.75) is 13.0 Å². The van der Waals surface area contributed by atoms with Crippen molar-refractivity contribution in [3.05, 3.63) is 35.9 Å². The SMILES string of the molecule is O=C(O)CCS(=O)(=O)NCC(=O)NCc1ccccc1. The number of carbonyl (C=O) groups is 2. The summed E-state index contributed by atoms with van der Waals surface area (Å²) in [6, 6.07) is 9.17. The summed E-state index contributed by atoms with van der Waals surface area (Å²) in [5.41, 5.74) is 0.898. The maximum atomic E-state index is 11.4. The summed E-state index contributed by atoms with van der Waals surface area (Å²) < 4.78 is 24.8. The van der Waals surface area contributed by atoms with Gasteiger partial charge in [-0.2, -0.15) is 0 Å². The maximum Gasteiger partial charge on any atom is 0.304 e. The van der Waals surface area contributed by atoms with Crippen LogP contribution in [0.1, 0.15) is 12.0 Å². The molecule has 0 aromatic heterocycles. The van der Waals surface area contributed by atoms with Gasteiger partial charge in [-0.3, -0.25) is 9.59 Å². The second kappa shape index (κ2) is 7.61. The molecule has 8 heteroatoms. The van der Waals surface area contributed by atoms with E-state index in [1.165, 1.54) is 0 Å². The number of nitrogens with one attached hydrogen (secondary N) is 2. The van der Waals surface area contributed by atoms with Crippen molar-refractivity contribution in [2.24, 2.45) is 0 Å². The van der Waals surface area contributed by atoms with E-state index in [0.717, 1.165) is 5.56 Å². The first-order valence-electron chi connectivity index (χ1n) is 5.89. The molecule has 0 aliphatic rings. The molecule has 0 fully saturated rings. The molecule has 0 atom stereocenters. The molecule has 0 bridgehead atoms. The van der Waals surface area contributed by atoms with Gasteiger partial charge in [-0.05, 0) is 5.56 Å². The van der Waals surface area contributed by atoms with Gasteiger partial charge in [0.25, 0.3) is 0 Å². The molecular weight excluding hydrogens is 284 g/mol. The summed E-state index contributed by atoms with van der Waals surface area (Å²) >= 11 is 0. The van der Waals surface area contributed by atoms with Crippen molar-refractivity contribution in [3.63, 3.8) is 0 Å². The third-order valence-electron chi connectivity index (χ3n) is 2.37. The van der Waals surface area contributed by atoms with Crippen molar-refractivity contribution < 1.29 is 23.1 Å². The Morgan fingerprint density at radius 2 is 1.80 bits per heavy atom. The number of carboxylic acid groups (broad SMARTS) is 1. The molecule has 1 aromatic carbocycles. The van der Waals surface area contributed by atoms with E-state index in [0.29, 0.717) is 6.54 Å². The summed E-state index contributed by atoms with van der Waals surface area (Å²) in [5.74, 6) is -2.23. The zero-order chi connectivity index (χ0) is 15.0. The van der Waals surface area contributed by atoms with Crippen LogP contribution in [0.15, 0.2) is 30.3 Å². The van der Waals surface area contributed by atoms with Gasteiger partial charge < -0.3 is 10.4 Å². The van der Waals surface area contributed by atoms with Crippen LogP contribution in [0.2, 0.25) is 0 Å². The van der Waals surface area contributed by atoms with Crippen molar-refractivity contribution >= 4 is 21.9 Å². The highest BCUT2D eigenvalue weighted by Gasteiger charge is 2.14. The standard InChI is InChI=1S/C12H16N2O5S/c15-11(13-8-10-4-2-1-3-5-10)9-14-20(18,19)7-6-12(16)17/h1-5,14H,6-9H2,(H,13,15)(H,16,17). The van der Waals surface area contributed by atoms with Crippen LogP contribution in [0.3, 0.4) is 0 Å². The molecule has 110 valence electrons. The molecular formula is C12H16N2O5S. The molecule has 0 radical (unpaired) electrons. The quantitative estimate of drug-likeness (QED) is 0.610. The van der Waals surface area contributed by atoms with Crippen molar-refractivity contribution in [1.82, 2.24) is 10.0 Å². The number of sulfonamides is 1. The molecule has 0 unspecified atom stereocenters. The number of rotatable bonds is 8. The van der Waals surface area contributed by atoms with Crippen LogP contribution in [0.25, 0.3) is 0 Å². The fraction of sp³-hybridized carbons (Fsp3) is 0.333. The van der Waals surface area contributed by atoms with Crippen LogP contribution in [0, 0.1) is 0 Å². The second-order valence-corrected chi connectivity index (χ2v) is 5.97. The third-order valence-corrected chi connectivity index (χ3v) is 3.70. The van der Waals surface area contributed by atoms with Crippen molar-refractivity contribution in [3.8, 4) is 0 Å². The van der Waals surface area contributed by atoms with Crippen LogP contribution in [-0.2, 0) is 26.2 Å². The summed E-state index contributed by atoms with van der Waals surface area (Å²) in [6.45, 7) is -0.106. The Morgan fingerprint density at radius 3 is 2.40 bits per heavy atom. The fourth-order valence-electron chi connectivity index (χ4n) is 1.33. The Morgan fingerprint density at radius 1 is 1.15 bits per heavy atom. The van der Waals surface area contributed by atoms with Crippen LogP contribution in [-0.4, -0.2) is 37.7 Å². The minimum atomic E-state index is -3.75. The van der Waals surface area contributed by atoms with Crippen LogP contribution in [0.5, 0.6) is 0 Å². The normalized spacial score (nSPS) is 11.0. The Bertz CT molecular complexity index is 556. The van der Waals surface area contributed by atoms with Crippen LogP contribution in [0.4, 0.5) is 0 Å². The van der Waals surface area contributed by atoms with E-state index < -0.39 is 40.6 Å². The number of amides is 1. The lowest BCUT2D eigenvalue weighted by atomic mass is 10.2. The number of hydrogen-bond acceptors (Lipinski definition) is 4. The Balaban J connectivity index is 2.31. The van der Waals surface area contributed by atoms with E-state index in [2.05, 4.69) is 5.32 Å². The molecule has 1 amide bonds. The Kier molecular flexibility index (Phi) is 6.13. The van der Waals surface area contributed by atoms with Gasteiger partial charge in [0.15, 0.2) is 0 Å². The van der Waals surface area contributed by atoms with Gasteiger partial charge >= 0.3 is 5.97 Å². The molecule has 0 spiro atoms. The van der Waals surface area contributed by atoms with Crippen molar-refractivity contribution in [1.29, 1.82) is 0 Å². The first-order chi connectivity index (χ1) is 9.39. The molecule has 1 rings (SSSR count). The smallest absolute Gasteiger partial charge is 0.304 e. The van der Waals surface area contributed by atoms with E-state index in [4.69, 9.17) is 5.11 Å². The molecule has 0 heterocycles. The molecule has 0 aliphatic heterocycles. The number of carboxylic acids is 1. The third kappa shape index (κ3) is 6.86. The molecule has 0 aliphatic carbocycles. The number of aliphatic carboxylic acids is 1. The van der Waals surface area contributed by atoms with E-state index in [1.807, 2.05) is 35.1 Å². The average molecular weight is 300 g/mol. The van der Waals surface area contributed by atoms with E-state index >= 15 is 0 Å². The summed E-state index contributed by atoms with van der Waals surface area (Å²) in [4.78, 5) is 21.7. The van der Waals surface area contributed by atoms with Crippen molar-refractivity contribution in [2.75, 3.05) is 12.3 Å². The number of hydrogen-bond donors (Lipinski definition) is 3. The van der Waals surface area contributed by atoms with Crippen LogP contribution < -0.4 is 10.0 Å². The average Bonchev–Trinajstić information content (AvgIpc) is 2.42. The van der Waals surface area contributed by atoms with Gasteiger partial charge in [0.1, 0.15) is 0 Å². The minimum absolute atomic E-state index is 0.302. The van der Waals surface area contributed by atoms with E-state index in [9.17, 15) is 18.0 Å². The zero-order valence-corrected chi connectivity index (χ0v) is 11.5. The number of benzene rings is 1. The van der Waals surface area contributed by atoms with Gasteiger partial charge in [0.2, 0.25) is 15.9 Å². The van der Waals surface area contributed by atoms with Gasteiger partial charge in [0, 0.05) is 6.54 Å². The molecule has 20 heavy (non-hydrogen) atoms. The van der Waals surface area contributed by atoms with Gasteiger partial charge in [-0.15, -0.1) is 0 Å². The molecule has 0 saturated carbocycles. The minimum Gasteiger partial charge on any atom is -0.481 e. The highest BCUT2D eigenvalue weighted by Crippen LogP contribution is 1.96. The Hall–Kier alpha value is -1.93. The summed E-state index contributed by atoms with van der Waals surface area (Å²) in [5, 5.41) is 10.9. The lowest BCUT2D eigenvalue weighted by Gasteiger charge is -2.07. The van der Waals surface area contributed by atoms with Gasteiger partial charge in [0.05, 0.1) is 18.7 Å². The monoisotopic (exact) mass is 300 g/mol. The maximum absolute atomic E-state index is 11.4. The number of carbonyl (C=O) groups excluding carboxylic acids is 1. The Labute approximate surface area is 117 Å². The topological polar surface area (TPSA) is 113 Å².